The van der Waals surface area contributed by atoms with Crippen molar-refractivity contribution >= 4 is 5.97 Å². The van der Waals surface area contributed by atoms with Gasteiger partial charge in [0.15, 0.2) is 0 Å². The Hall–Kier alpha value is -0.610. The van der Waals surface area contributed by atoms with E-state index >= 15 is 0 Å². The highest BCUT2D eigenvalue weighted by molar-refractivity contribution is 5.71. The summed E-state index contributed by atoms with van der Waals surface area (Å²) in [6.07, 6.45) is 5.07. The van der Waals surface area contributed by atoms with E-state index in [-0.39, 0.29) is 12.5 Å². The number of rotatable bonds is 4. The molecule has 1 saturated carbocycles. The van der Waals surface area contributed by atoms with E-state index in [2.05, 4.69) is 4.74 Å². The van der Waals surface area contributed by atoms with Crippen LogP contribution in [0.4, 0.5) is 0 Å². The molecule has 4 nitrogen and oxygen atoms in total. The van der Waals surface area contributed by atoms with Crippen LogP contribution in [-0.2, 0) is 9.53 Å². The Morgan fingerprint density at radius 2 is 2.00 bits per heavy atom. The van der Waals surface area contributed by atoms with Crippen molar-refractivity contribution in [1.82, 2.24) is 4.90 Å². The van der Waals surface area contributed by atoms with E-state index in [0.29, 0.717) is 6.54 Å². The summed E-state index contributed by atoms with van der Waals surface area (Å²) < 4.78 is 4.58. The number of aliphatic hydroxyl groups is 1. The first kappa shape index (κ1) is 12.5. The standard InChI is InChI=1S/C11H21NO3/c1-12(8-10(13)15-2)9-11(14)6-4-3-5-7-11/h14H,3-9H2,1-2H3. The fraction of sp³-hybridized carbons (Fsp3) is 0.909. The summed E-state index contributed by atoms with van der Waals surface area (Å²) in [5, 5.41) is 10.2. The van der Waals surface area contributed by atoms with Crippen molar-refractivity contribution in [3.05, 3.63) is 0 Å². The van der Waals surface area contributed by atoms with Crippen molar-refractivity contribution in [2.24, 2.45) is 0 Å². The van der Waals surface area contributed by atoms with Crippen LogP contribution in [0.2, 0.25) is 0 Å². The first-order chi connectivity index (χ1) is 7.06. The predicted molar refractivity (Wildman–Crippen MR) is 57.5 cm³/mol. The summed E-state index contributed by atoms with van der Waals surface area (Å²) in [6, 6.07) is 0. The van der Waals surface area contributed by atoms with Gasteiger partial charge in [0.2, 0.25) is 0 Å². The minimum Gasteiger partial charge on any atom is -0.468 e. The molecule has 0 spiro atoms. The number of carbonyl (C=O) groups is 1. The molecule has 0 radical (unpaired) electrons. The predicted octanol–water partition coefficient (Wildman–Crippen LogP) is 0.786. The van der Waals surface area contributed by atoms with E-state index < -0.39 is 5.60 Å². The largest absolute Gasteiger partial charge is 0.468 e. The molecule has 88 valence electrons. The monoisotopic (exact) mass is 215 g/mol. The topological polar surface area (TPSA) is 49.8 Å². The van der Waals surface area contributed by atoms with Crippen molar-refractivity contribution in [2.75, 3.05) is 27.2 Å². The number of ether oxygens (including phenoxy) is 1. The van der Waals surface area contributed by atoms with Gasteiger partial charge in [0.25, 0.3) is 0 Å². The van der Waals surface area contributed by atoms with Crippen molar-refractivity contribution in [2.45, 2.75) is 37.7 Å². The average molecular weight is 215 g/mol. The number of likely N-dealkylation sites (N-methyl/N-ethyl adjacent to an activating group) is 1. The molecule has 0 atom stereocenters. The third-order valence-electron chi connectivity index (χ3n) is 2.98. The van der Waals surface area contributed by atoms with Crippen LogP contribution in [0.1, 0.15) is 32.1 Å². The second kappa shape index (κ2) is 5.47. The highest BCUT2D eigenvalue weighted by atomic mass is 16.5. The Balaban J connectivity index is 2.35. The van der Waals surface area contributed by atoms with Gasteiger partial charge in [0.1, 0.15) is 0 Å². The normalized spacial score (nSPS) is 20.3. The van der Waals surface area contributed by atoms with Crippen molar-refractivity contribution in [3.8, 4) is 0 Å². The third kappa shape index (κ3) is 4.18. The maximum Gasteiger partial charge on any atom is 0.319 e. The molecular formula is C11H21NO3. The van der Waals surface area contributed by atoms with Crippen LogP contribution in [-0.4, -0.2) is 48.8 Å². The molecule has 0 aromatic carbocycles. The summed E-state index contributed by atoms with van der Waals surface area (Å²) in [5.74, 6) is -0.253. The Morgan fingerprint density at radius 3 is 2.53 bits per heavy atom. The summed E-state index contributed by atoms with van der Waals surface area (Å²) in [6.45, 7) is 0.806. The second-order valence-electron chi connectivity index (χ2n) is 4.53. The molecular weight excluding hydrogens is 194 g/mol. The fourth-order valence-corrected chi connectivity index (χ4v) is 2.21. The molecule has 15 heavy (non-hydrogen) atoms. The molecule has 1 N–H and O–H groups in total. The highest BCUT2D eigenvalue weighted by Crippen LogP contribution is 2.28. The second-order valence-corrected chi connectivity index (χ2v) is 4.53. The highest BCUT2D eigenvalue weighted by Gasteiger charge is 2.30. The van der Waals surface area contributed by atoms with Gasteiger partial charge in [-0.1, -0.05) is 19.3 Å². The van der Waals surface area contributed by atoms with Gasteiger partial charge in [-0.25, -0.2) is 0 Å². The van der Waals surface area contributed by atoms with Crippen LogP contribution in [0.5, 0.6) is 0 Å². The number of nitrogens with zero attached hydrogens (tertiary/aromatic N) is 1. The van der Waals surface area contributed by atoms with Gasteiger partial charge in [-0.05, 0) is 19.9 Å². The number of methoxy groups -OCH3 is 1. The molecule has 1 rings (SSSR count). The molecule has 0 aromatic heterocycles. The molecule has 0 aliphatic heterocycles. The Labute approximate surface area is 91.2 Å². The Morgan fingerprint density at radius 1 is 1.40 bits per heavy atom. The lowest BCUT2D eigenvalue weighted by Crippen LogP contribution is -2.44. The minimum absolute atomic E-state index is 0.249. The van der Waals surface area contributed by atoms with E-state index in [1.54, 1.807) is 0 Å². The van der Waals surface area contributed by atoms with Gasteiger partial charge in [-0.3, -0.25) is 9.69 Å². The lowest BCUT2D eigenvalue weighted by atomic mass is 9.84. The molecule has 0 heterocycles. The quantitative estimate of drug-likeness (QED) is 0.704. The van der Waals surface area contributed by atoms with Gasteiger partial charge in [-0.2, -0.15) is 0 Å². The summed E-state index contributed by atoms with van der Waals surface area (Å²) in [7, 11) is 3.22. The van der Waals surface area contributed by atoms with Gasteiger partial charge < -0.3 is 9.84 Å². The molecule has 0 aromatic rings. The van der Waals surface area contributed by atoms with Crippen LogP contribution in [0.15, 0.2) is 0 Å². The molecule has 0 amide bonds. The van der Waals surface area contributed by atoms with Crippen molar-refractivity contribution in [3.63, 3.8) is 0 Å². The first-order valence-electron chi connectivity index (χ1n) is 5.53. The summed E-state index contributed by atoms with van der Waals surface area (Å²) in [5.41, 5.74) is -0.596. The average Bonchev–Trinajstić information content (AvgIpc) is 2.17. The molecule has 1 aliphatic rings. The third-order valence-corrected chi connectivity index (χ3v) is 2.98. The van der Waals surface area contributed by atoms with Gasteiger partial charge >= 0.3 is 5.97 Å². The lowest BCUT2D eigenvalue weighted by molar-refractivity contribution is -0.142. The summed E-state index contributed by atoms with van der Waals surface area (Å²) in [4.78, 5) is 12.9. The van der Waals surface area contributed by atoms with E-state index in [1.807, 2.05) is 11.9 Å². The molecule has 1 aliphatic carbocycles. The van der Waals surface area contributed by atoms with Crippen LogP contribution in [0.3, 0.4) is 0 Å². The zero-order valence-corrected chi connectivity index (χ0v) is 9.66. The lowest BCUT2D eigenvalue weighted by Gasteiger charge is -2.35. The smallest absolute Gasteiger partial charge is 0.319 e. The number of hydrogen-bond donors (Lipinski definition) is 1. The number of carbonyl (C=O) groups excluding carboxylic acids is 1. The maximum absolute atomic E-state index is 11.0. The molecule has 0 unspecified atom stereocenters. The molecule has 0 saturated heterocycles. The van der Waals surface area contributed by atoms with Crippen LogP contribution in [0.25, 0.3) is 0 Å². The number of esters is 1. The Kier molecular flexibility index (Phi) is 4.54. The minimum atomic E-state index is -0.596. The number of hydrogen-bond acceptors (Lipinski definition) is 4. The van der Waals surface area contributed by atoms with Crippen molar-refractivity contribution in [1.29, 1.82) is 0 Å². The van der Waals surface area contributed by atoms with Crippen LogP contribution in [0, 0.1) is 0 Å². The van der Waals surface area contributed by atoms with Gasteiger partial charge in [-0.15, -0.1) is 0 Å². The summed E-state index contributed by atoms with van der Waals surface area (Å²) >= 11 is 0. The zero-order valence-electron chi connectivity index (χ0n) is 9.66. The maximum atomic E-state index is 11.0. The van der Waals surface area contributed by atoms with Gasteiger partial charge in [0.05, 0.1) is 19.3 Å². The van der Waals surface area contributed by atoms with Crippen molar-refractivity contribution < 1.29 is 14.6 Å². The first-order valence-corrected chi connectivity index (χ1v) is 5.53. The van der Waals surface area contributed by atoms with E-state index in [4.69, 9.17) is 0 Å². The fourth-order valence-electron chi connectivity index (χ4n) is 2.21. The van der Waals surface area contributed by atoms with E-state index in [9.17, 15) is 9.90 Å². The molecule has 0 bridgehead atoms. The van der Waals surface area contributed by atoms with E-state index in [0.717, 1.165) is 25.7 Å². The Bertz CT molecular complexity index is 212. The van der Waals surface area contributed by atoms with Gasteiger partial charge in [0, 0.05) is 6.54 Å². The molecule has 4 heteroatoms. The molecule has 1 fully saturated rings. The zero-order chi connectivity index (χ0) is 11.3. The van der Waals surface area contributed by atoms with E-state index in [1.165, 1.54) is 13.5 Å². The van der Waals surface area contributed by atoms with Crippen LogP contribution < -0.4 is 0 Å². The SMILES string of the molecule is COC(=O)CN(C)CC1(O)CCCCC1. The van der Waals surface area contributed by atoms with Crippen LogP contribution >= 0.6 is 0 Å².